The van der Waals surface area contributed by atoms with Gasteiger partial charge in [0.15, 0.2) is 0 Å². The summed E-state index contributed by atoms with van der Waals surface area (Å²) in [5.74, 6) is 0.581. The van der Waals surface area contributed by atoms with Crippen molar-refractivity contribution in [3.63, 3.8) is 0 Å². The number of nitrogens with zero attached hydrogens (tertiary/aromatic N) is 3. The average molecular weight is 514 g/mol. The first-order valence-corrected chi connectivity index (χ1v) is 12.9. The first kappa shape index (κ1) is 24.1. The number of halogens is 1. The number of ether oxygens (including phenoxy) is 1. The number of methoxy groups -OCH3 is 1. The van der Waals surface area contributed by atoms with Crippen molar-refractivity contribution >= 4 is 28.3 Å². The fourth-order valence-corrected chi connectivity index (χ4v) is 5.06. The van der Waals surface area contributed by atoms with E-state index in [2.05, 4.69) is 20.3 Å². The topological polar surface area (TPSA) is 100 Å². The van der Waals surface area contributed by atoms with Gasteiger partial charge in [0.1, 0.15) is 17.4 Å². The quantitative estimate of drug-likeness (QED) is 0.359. The number of rotatable bonds is 6. The lowest BCUT2D eigenvalue weighted by Crippen LogP contribution is -2.35. The van der Waals surface area contributed by atoms with Crippen molar-refractivity contribution in [3.8, 4) is 17.0 Å². The van der Waals surface area contributed by atoms with Crippen LogP contribution in [0, 0.1) is 5.82 Å². The number of fused-ring (bicyclic) bond motifs is 1. The Morgan fingerprint density at radius 1 is 1.13 bits per heavy atom. The molecule has 0 atom stereocenters. The smallest absolute Gasteiger partial charge is 0.259 e. The Kier molecular flexibility index (Phi) is 6.27. The van der Waals surface area contributed by atoms with Gasteiger partial charge in [0.05, 0.1) is 35.0 Å². The number of benzene rings is 1. The summed E-state index contributed by atoms with van der Waals surface area (Å²) in [5.41, 5.74) is 2.38. The first-order chi connectivity index (χ1) is 18.5. The SMILES string of the molecule is COc1cc(-c2cc(Nc3ccc(C4CC4)cn3)c3c(=O)[nH]ccc3n2)c(F)cc1C(=O)N1CCCCC1. The molecular formula is C29H28FN5O3. The number of likely N-dealkylation sites (tertiary alicyclic amines) is 1. The molecule has 1 aliphatic heterocycles. The van der Waals surface area contributed by atoms with E-state index < -0.39 is 5.82 Å². The van der Waals surface area contributed by atoms with Crippen LogP contribution >= 0.6 is 0 Å². The van der Waals surface area contributed by atoms with Gasteiger partial charge in [-0.1, -0.05) is 6.07 Å². The zero-order chi connectivity index (χ0) is 26.2. The van der Waals surface area contributed by atoms with Crippen molar-refractivity contribution in [1.82, 2.24) is 19.9 Å². The summed E-state index contributed by atoms with van der Waals surface area (Å²) in [7, 11) is 1.46. The molecule has 8 nitrogen and oxygen atoms in total. The summed E-state index contributed by atoms with van der Waals surface area (Å²) in [5, 5.41) is 3.56. The van der Waals surface area contributed by atoms with Crippen molar-refractivity contribution in [1.29, 1.82) is 0 Å². The molecule has 1 amide bonds. The van der Waals surface area contributed by atoms with Crippen LogP contribution in [-0.4, -0.2) is 46.0 Å². The standard InChI is InChI=1S/C29H28FN5O3/c1-38-25-14-19(21(30)13-20(25)29(37)35-11-3-2-4-12-35)23-15-24(27-22(33-23)9-10-31-28(27)36)34-26-8-7-18(16-32-26)17-5-6-17/h7-10,13-17H,2-6,11-12H2,1H3,(H,31,36)(H,32,33,34). The minimum absolute atomic E-state index is 0.166. The summed E-state index contributed by atoms with van der Waals surface area (Å²) in [6.45, 7) is 1.30. The number of piperidine rings is 1. The number of hydrogen-bond acceptors (Lipinski definition) is 6. The maximum Gasteiger partial charge on any atom is 0.259 e. The van der Waals surface area contributed by atoms with E-state index in [1.165, 1.54) is 43.8 Å². The highest BCUT2D eigenvalue weighted by Crippen LogP contribution is 2.40. The monoisotopic (exact) mass is 513 g/mol. The van der Waals surface area contributed by atoms with E-state index in [1.807, 2.05) is 18.3 Å². The van der Waals surface area contributed by atoms with E-state index in [1.54, 1.807) is 17.0 Å². The van der Waals surface area contributed by atoms with Gasteiger partial charge in [-0.15, -0.1) is 0 Å². The number of amides is 1. The van der Waals surface area contributed by atoms with Crippen molar-refractivity contribution in [2.45, 2.75) is 38.0 Å². The van der Waals surface area contributed by atoms with Crippen molar-refractivity contribution < 1.29 is 13.9 Å². The number of pyridine rings is 3. The van der Waals surface area contributed by atoms with Gasteiger partial charge in [0.2, 0.25) is 0 Å². The van der Waals surface area contributed by atoms with Crippen LogP contribution < -0.4 is 15.6 Å². The number of aromatic nitrogens is 3. The third-order valence-electron chi connectivity index (χ3n) is 7.27. The first-order valence-electron chi connectivity index (χ1n) is 12.9. The Morgan fingerprint density at radius 3 is 2.66 bits per heavy atom. The summed E-state index contributed by atoms with van der Waals surface area (Å²) in [4.78, 5) is 39.4. The van der Waals surface area contributed by atoms with E-state index >= 15 is 4.39 Å². The molecule has 1 saturated heterocycles. The van der Waals surface area contributed by atoms with E-state index in [0.29, 0.717) is 47.1 Å². The van der Waals surface area contributed by atoms with E-state index in [0.717, 1.165) is 19.3 Å². The molecule has 1 aromatic carbocycles. The van der Waals surface area contributed by atoms with Crippen LogP contribution in [0.2, 0.25) is 0 Å². The second-order valence-electron chi connectivity index (χ2n) is 9.88. The number of nitrogens with one attached hydrogen (secondary N) is 2. The van der Waals surface area contributed by atoms with Crippen molar-refractivity contribution in [2.75, 3.05) is 25.5 Å². The van der Waals surface area contributed by atoms with Crippen LogP contribution in [0.25, 0.3) is 22.2 Å². The summed E-state index contributed by atoms with van der Waals surface area (Å²) < 4.78 is 21.1. The molecule has 2 N–H and O–H groups in total. The van der Waals surface area contributed by atoms with Gasteiger partial charge in [0, 0.05) is 31.0 Å². The maximum absolute atomic E-state index is 15.6. The molecule has 6 rings (SSSR count). The Hall–Kier alpha value is -4.27. The summed E-state index contributed by atoms with van der Waals surface area (Å²) >= 11 is 0. The van der Waals surface area contributed by atoms with Crippen molar-refractivity contribution in [2.24, 2.45) is 0 Å². The average Bonchev–Trinajstić information content (AvgIpc) is 3.79. The van der Waals surface area contributed by atoms with Gasteiger partial charge in [-0.05, 0) is 73.9 Å². The van der Waals surface area contributed by atoms with Crippen LogP contribution in [0.3, 0.4) is 0 Å². The largest absolute Gasteiger partial charge is 0.496 e. The molecule has 1 aliphatic carbocycles. The molecule has 4 heterocycles. The van der Waals surface area contributed by atoms with Crippen LogP contribution in [-0.2, 0) is 0 Å². The molecular weight excluding hydrogens is 485 g/mol. The van der Waals surface area contributed by atoms with Crippen LogP contribution in [0.4, 0.5) is 15.9 Å². The molecule has 0 spiro atoms. The number of carbonyl (C=O) groups excluding carboxylic acids is 1. The third kappa shape index (κ3) is 4.60. The molecule has 3 aromatic heterocycles. The number of anilines is 2. The highest BCUT2D eigenvalue weighted by molar-refractivity contribution is 5.98. The third-order valence-corrected chi connectivity index (χ3v) is 7.27. The predicted molar refractivity (Wildman–Crippen MR) is 144 cm³/mol. The highest BCUT2D eigenvalue weighted by atomic mass is 19.1. The Bertz CT molecular complexity index is 1570. The van der Waals surface area contributed by atoms with Gasteiger partial charge >= 0.3 is 0 Å². The second-order valence-corrected chi connectivity index (χ2v) is 9.88. The number of hydrogen-bond donors (Lipinski definition) is 2. The highest BCUT2D eigenvalue weighted by Gasteiger charge is 2.25. The van der Waals surface area contributed by atoms with Gasteiger partial charge in [-0.2, -0.15) is 0 Å². The number of aromatic amines is 1. The molecule has 4 aromatic rings. The molecule has 0 radical (unpaired) electrons. The van der Waals surface area contributed by atoms with Crippen molar-refractivity contribution in [3.05, 3.63) is 76.1 Å². The number of H-pyrrole nitrogens is 1. The zero-order valence-corrected chi connectivity index (χ0v) is 21.1. The Balaban J connectivity index is 1.41. The van der Waals surface area contributed by atoms with Gasteiger partial charge in [0.25, 0.3) is 11.5 Å². The normalized spacial score (nSPS) is 15.5. The lowest BCUT2D eigenvalue weighted by atomic mass is 10.0. The lowest BCUT2D eigenvalue weighted by Gasteiger charge is -2.27. The minimum atomic E-state index is -0.597. The molecule has 194 valence electrons. The summed E-state index contributed by atoms with van der Waals surface area (Å²) in [6, 6.07) is 9.92. The van der Waals surface area contributed by atoms with E-state index in [9.17, 15) is 9.59 Å². The zero-order valence-electron chi connectivity index (χ0n) is 21.1. The van der Waals surface area contributed by atoms with Gasteiger partial charge in [-0.25, -0.2) is 14.4 Å². The second kappa shape index (κ2) is 9.89. The number of carbonyl (C=O) groups is 1. The van der Waals surface area contributed by atoms with Gasteiger partial charge < -0.3 is 19.9 Å². The molecule has 9 heteroatoms. The minimum Gasteiger partial charge on any atom is -0.496 e. The Morgan fingerprint density at radius 2 is 1.95 bits per heavy atom. The lowest BCUT2D eigenvalue weighted by molar-refractivity contribution is 0.0720. The van der Waals surface area contributed by atoms with Crippen LogP contribution in [0.1, 0.15) is 53.9 Å². The van der Waals surface area contributed by atoms with E-state index in [-0.39, 0.29) is 28.3 Å². The fraction of sp³-hybridized carbons (Fsp3) is 0.310. The molecule has 38 heavy (non-hydrogen) atoms. The molecule has 0 bridgehead atoms. The molecule has 0 unspecified atom stereocenters. The Labute approximate surface area is 218 Å². The van der Waals surface area contributed by atoms with Crippen LogP contribution in [0.5, 0.6) is 5.75 Å². The fourth-order valence-electron chi connectivity index (χ4n) is 5.06. The van der Waals surface area contributed by atoms with E-state index in [4.69, 9.17) is 4.74 Å². The molecule has 1 saturated carbocycles. The van der Waals surface area contributed by atoms with Crippen LogP contribution in [0.15, 0.2) is 53.6 Å². The molecule has 2 fully saturated rings. The van der Waals surface area contributed by atoms with Gasteiger partial charge in [-0.3, -0.25) is 9.59 Å². The summed E-state index contributed by atoms with van der Waals surface area (Å²) in [6.07, 6.45) is 8.66. The maximum atomic E-state index is 15.6. The predicted octanol–water partition coefficient (Wildman–Crippen LogP) is 5.38. The molecule has 2 aliphatic rings.